The summed E-state index contributed by atoms with van der Waals surface area (Å²) in [5.41, 5.74) is 3.60. The van der Waals surface area contributed by atoms with Gasteiger partial charge in [-0.3, -0.25) is 0 Å². The minimum atomic E-state index is 0.00284. The number of benzene rings is 1. The summed E-state index contributed by atoms with van der Waals surface area (Å²) in [6, 6.07) is 4.29. The molecule has 0 atom stereocenters. The van der Waals surface area contributed by atoms with Crippen LogP contribution in [0.5, 0.6) is 11.5 Å². The average Bonchev–Trinajstić information content (AvgIpc) is 2.41. The van der Waals surface area contributed by atoms with Gasteiger partial charge in [0, 0.05) is 11.1 Å². The highest BCUT2D eigenvalue weighted by Gasteiger charge is 2.26. The minimum Gasteiger partial charge on any atom is -0.496 e. The second-order valence-corrected chi connectivity index (χ2v) is 7.97. The quantitative estimate of drug-likeness (QED) is 0.671. The lowest BCUT2D eigenvalue weighted by molar-refractivity contribution is 0.335. The van der Waals surface area contributed by atoms with E-state index in [1.54, 1.807) is 7.11 Å². The summed E-state index contributed by atoms with van der Waals surface area (Å²) in [6.07, 6.45) is 2.09. The molecule has 0 N–H and O–H groups in total. The predicted octanol–water partition coefficient (Wildman–Crippen LogP) is 5.64. The van der Waals surface area contributed by atoms with Crippen LogP contribution in [0.2, 0.25) is 0 Å². The zero-order valence-corrected chi connectivity index (χ0v) is 15.8. The van der Waals surface area contributed by atoms with Crippen molar-refractivity contribution in [2.24, 2.45) is 0 Å². The summed E-state index contributed by atoms with van der Waals surface area (Å²) in [7, 11) is 1.74. The van der Waals surface area contributed by atoms with Crippen LogP contribution in [-0.4, -0.2) is 13.7 Å². The molecule has 0 radical (unpaired) electrons. The van der Waals surface area contributed by atoms with Crippen molar-refractivity contribution in [1.29, 1.82) is 0 Å². The fourth-order valence-electron chi connectivity index (χ4n) is 2.30. The second kappa shape index (κ2) is 6.76. The van der Waals surface area contributed by atoms with E-state index in [1.165, 1.54) is 16.7 Å². The van der Waals surface area contributed by atoms with Crippen LogP contribution in [-0.2, 0) is 10.8 Å². The molecule has 0 heterocycles. The zero-order chi connectivity index (χ0) is 17.1. The van der Waals surface area contributed by atoms with Crippen molar-refractivity contribution in [3.05, 3.63) is 34.9 Å². The predicted molar refractivity (Wildman–Crippen MR) is 95.3 cm³/mol. The first-order valence-corrected chi connectivity index (χ1v) is 7.98. The van der Waals surface area contributed by atoms with Crippen LogP contribution in [0.1, 0.15) is 66.5 Å². The van der Waals surface area contributed by atoms with E-state index in [0.29, 0.717) is 6.61 Å². The summed E-state index contributed by atoms with van der Waals surface area (Å²) < 4.78 is 11.8. The molecule has 1 rings (SSSR count). The van der Waals surface area contributed by atoms with Gasteiger partial charge in [-0.2, -0.15) is 0 Å². The number of ether oxygens (including phenoxy) is 2. The van der Waals surface area contributed by atoms with Gasteiger partial charge in [-0.1, -0.05) is 47.6 Å². The minimum absolute atomic E-state index is 0.00284. The summed E-state index contributed by atoms with van der Waals surface area (Å²) in [5.74, 6) is 1.90. The maximum atomic E-state index is 6.13. The highest BCUT2D eigenvalue weighted by Crippen LogP contribution is 2.41. The van der Waals surface area contributed by atoms with Crippen LogP contribution in [0.25, 0.3) is 0 Å². The molecule has 22 heavy (non-hydrogen) atoms. The first-order chi connectivity index (χ1) is 10.0. The van der Waals surface area contributed by atoms with Gasteiger partial charge in [0.15, 0.2) is 0 Å². The van der Waals surface area contributed by atoms with Crippen LogP contribution < -0.4 is 9.47 Å². The first kappa shape index (κ1) is 18.6. The lowest BCUT2D eigenvalue weighted by Gasteiger charge is -2.28. The molecule has 1 aromatic rings. The molecular weight excluding hydrogens is 272 g/mol. The second-order valence-electron chi connectivity index (χ2n) is 7.97. The van der Waals surface area contributed by atoms with Crippen molar-refractivity contribution in [2.45, 2.75) is 66.2 Å². The monoisotopic (exact) mass is 304 g/mol. The molecule has 0 amide bonds. The molecule has 0 aliphatic heterocycles. The number of hydrogen-bond acceptors (Lipinski definition) is 2. The normalized spacial score (nSPS) is 13.2. The third-order valence-corrected chi connectivity index (χ3v) is 3.87. The molecule has 124 valence electrons. The highest BCUT2D eigenvalue weighted by atomic mass is 16.5. The van der Waals surface area contributed by atoms with Gasteiger partial charge < -0.3 is 9.47 Å². The van der Waals surface area contributed by atoms with Crippen molar-refractivity contribution >= 4 is 0 Å². The lowest BCUT2D eigenvalue weighted by Crippen LogP contribution is -2.18. The van der Waals surface area contributed by atoms with E-state index < -0.39 is 0 Å². The fraction of sp³-hybridized carbons (Fsp3) is 0.600. The zero-order valence-electron chi connectivity index (χ0n) is 15.8. The van der Waals surface area contributed by atoms with Gasteiger partial charge in [0.2, 0.25) is 0 Å². The van der Waals surface area contributed by atoms with Crippen molar-refractivity contribution in [1.82, 2.24) is 0 Å². The summed E-state index contributed by atoms with van der Waals surface area (Å²) >= 11 is 0. The molecule has 0 aliphatic rings. The third-order valence-electron chi connectivity index (χ3n) is 3.87. The van der Waals surface area contributed by atoms with Crippen molar-refractivity contribution in [2.75, 3.05) is 13.7 Å². The largest absolute Gasteiger partial charge is 0.496 e. The van der Waals surface area contributed by atoms with Gasteiger partial charge >= 0.3 is 0 Å². The Labute approximate surface area is 136 Å². The van der Waals surface area contributed by atoms with E-state index in [4.69, 9.17) is 9.47 Å². The van der Waals surface area contributed by atoms with Crippen molar-refractivity contribution in [3.63, 3.8) is 0 Å². The Morgan fingerprint density at radius 3 is 1.82 bits per heavy atom. The molecule has 0 saturated carbocycles. The fourth-order valence-corrected chi connectivity index (χ4v) is 2.30. The smallest absolute Gasteiger partial charge is 0.124 e. The Hall–Kier alpha value is -1.44. The molecule has 0 aromatic heterocycles. The molecule has 0 spiro atoms. The Balaban J connectivity index is 3.43. The summed E-state index contributed by atoms with van der Waals surface area (Å²) in [4.78, 5) is 0. The van der Waals surface area contributed by atoms with Gasteiger partial charge in [-0.05, 0) is 42.4 Å². The van der Waals surface area contributed by atoms with E-state index in [-0.39, 0.29) is 10.8 Å². The number of methoxy groups -OCH3 is 1. The van der Waals surface area contributed by atoms with Crippen molar-refractivity contribution in [3.8, 4) is 11.5 Å². The SMILES string of the molecule is C/C=C(/C)COc1cc(C(C)(C)C)c(OC)cc1C(C)(C)C. The van der Waals surface area contributed by atoms with E-state index >= 15 is 0 Å². The first-order valence-electron chi connectivity index (χ1n) is 7.98. The molecule has 0 saturated heterocycles. The van der Waals surface area contributed by atoms with E-state index in [1.807, 2.05) is 6.92 Å². The van der Waals surface area contributed by atoms with Crippen molar-refractivity contribution < 1.29 is 9.47 Å². The Bertz CT molecular complexity index is 540. The van der Waals surface area contributed by atoms with Gasteiger partial charge in [-0.25, -0.2) is 0 Å². The number of rotatable bonds is 4. The molecule has 0 bridgehead atoms. The molecule has 0 unspecified atom stereocenters. The lowest BCUT2D eigenvalue weighted by atomic mass is 9.81. The number of allylic oxidation sites excluding steroid dienone is 1. The van der Waals surface area contributed by atoms with E-state index in [9.17, 15) is 0 Å². The van der Waals surface area contributed by atoms with Gasteiger partial charge in [0.25, 0.3) is 0 Å². The third kappa shape index (κ3) is 4.53. The van der Waals surface area contributed by atoms with Gasteiger partial charge in [0.1, 0.15) is 18.1 Å². The van der Waals surface area contributed by atoms with Gasteiger partial charge in [-0.15, -0.1) is 0 Å². The molecule has 0 aliphatic carbocycles. The summed E-state index contributed by atoms with van der Waals surface area (Å²) in [5, 5.41) is 0. The highest BCUT2D eigenvalue weighted by molar-refractivity contribution is 5.51. The maximum absolute atomic E-state index is 6.13. The molecule has 2 nitrogen and oxygen atoms in total. The average molecular weight is 304 g/mol. The van der Waals surface area contributed by atoms with E-state index in [0.717, 1.165) is 11.5 Å². The van der Waals surface area contributed by atoms with Crippen LogP contribution in [0, 0.1) is 0 Å². The maximum Gasteiger partial charge on any atom is 0.124 e. The summed E-state index contributed by atoms with van der Waals surface area (Å²) in [6.45, 7) is 17.9. The van der Waals surface area contributed by atoms with Crippen LogP contribution >= 0.6 is 0 Å². The standard InChI is InChI=1S/C20H32O2/c1-10-14(2)13-22-18-12-15(19(3,4)5)17(21-9)11-16(18)20(6,7)8/h10-12H,13H2,1-9H3/b14-10-. The molecule has 0 fully saturated rings. The molecule has 1 aromatic carbocycles. The Kier molecular flexibility index (Phi) is 5.72. The molecule has 2 heteroatoms. The van der Waals surface area contributed by atoms with Gasteiger partial charge in [0.05, 0.1) is 7.11 Å². The number of hydrogen-bond donors (Lipinski definition) is 0. The Morgan fingerprint density at radius 2 is 1.41 bits per heavy atom. The van der Waals surface area contributed by atoms with E-state index in [2.05, 4.69) is 66.7 Å². The molecular formula is C20H32O2. The van der Waals surface area contributed by atoms with Crippen LogP contribution in [0.15, 0.2) is 23.8 Å². The Morgan fingerprint density at radius 1 is 0.955 bits per heavy atom. The van der Waals surface area contributed by atoms with Crippen LogP contribution in [0.4, 0.5) is 0 Å². The van der Waals surface area contributed by atoms with Crippen LogP contribution in [0.3, 0.4) is 0 Å². The topological polar surface area (TPSA) is 18.5 Å².